The van der Waals surface area contributed by atoms with Crippen LogP contribution in [0.4, 0.5) is 17.6 Å². The average Bonchev–Trinajstić information content (AvgIpc) is 2.59. The van der Waals surface area contributed by atoms with E-state index in [1.54, 1.807) is 0 Å². The van der Waals surface area contributed by atoms with Crippen molar-refractivity contribution >= 4 is 16.1 Å². The molecule has 2 aromatic carbocycles. The van der Waals surface area contributed by atoms with Gasteiger partial charge in [0.05, 0.1) is 12.7 Å². The Kier molecular flexibility index (Phi) is 4.50. The van der Waals surface area contributed by atoms with Crippen LogP contribution < -0.4 is 8.92 Å². The monoisotopic (exact) mass is 406 g/mol. The van der Waals surface area contributed by atoms with Crippen LogP contribution in [0.3, 0.4) is 0 Å². The number of carbonyl (C=O) groups excluding carboxylic acids is 1. The van der Waals surface area contributed by atoms with Crippen molar-refractivity contribution in [3.05, 3.63) is 47.3 Å². The molecule has 2 aromatic rings. The molecule has 0 aliphatic carbocycles. The maximum absolute atomic E-state index is 14.2. The highest BCUT2D eigenvalue weighted by Crippen LogP contribution is 2.41. The summed E-state index contributed by atoms with van der Waals surface area (Å²) in [5.74, 6) is -2.39. The maximum Gasteiger partial charge on any atom is 0.534 e. The second-order valence-electron chi connectivity index (χ2n) is 5.41. The quantitative estimate of drug-likeness (QED) is 0.337. The highest BCUT2D eigenvalue weighted by Gasteiger charge is 2.48. The Bertz CT molecular complexity index is 1030. The van der Waals surface area contributed by atoms with Gasteiger partial charge in [-0.3, -0.25) is 0 Å². The Morgan fingerprint density at radius 2 is 1.85 bits per heavy atom. The summed E-state index contributed by atoms with van der Waals surface area (Å²) in [4.78, 5) is 11.6. The second kappa shape index (κ2) is 6.41. The third kappa shape index (κ3) is 3.42. The number of alkyl halides is 3. The molecular formula is C16H10F4O6S. The number of esters is 1. The van der Waals surface area contributed by atoms with Gasteiger partial charge in [0.2, 0.25) is 0 Å². The molecule has 1 aliphatic rings. The Morgan fingerprint density at radius 3 is 2.48 bits per heavy atom. The molecule has 144 valence electrons. The van der Waals surface area contributed by atoms with Crippen LogP contribution in [0.25, 0.3) is 11.1 Å². The van der Waals surface area contributed by atoms with Crippen molar-refractivity contribution < 1.29 is 44.4 Å². The third-order valence-electron chi connectivity index (χ3n) is 3.72. The van der Waals surface area contributed by atoms with Crippen molar-refractivity contribution in [3.63, 3.8) is 0 Å². The zero-order chi connectivity index (χ0) is 20.0. The van der Waals surface area contributed by atoms with Crippen LogP contribution in [0.5, 0.6) is 11.5 Å². The second-order valence-corrected chi connectivity index (χ2v) is 6.95. The SMILES string of the molecule is COC(=O)c1cc2c(cc1F)-c1cc(OS(=O)(=O)C(F)(F)F)ccc1CO2. The molecule has 0 bridgehead atoms. The minimum Gasteiger partial charge on any atom is -0.488 e. The van der Waals surface area contributed by atoms with E-state index in [0.717, 1.165) is 31.4 Å². The van der Waals surface area contributed by atoms with E-state index in [9.17, 15) is 30.8 Å². The molecule has 0 amide bonds. The Balaban J connectivity index is 2.06. The first-order valence-electron chi connectivity index (χ1n) is 7.22. The van der Waals surface area contributed by atoms with Gasteiger partial charge in [-0.15, -0.1) is 0 Å². The zero-order valence-electron chi connectivity index (χ0n) is 13.5. The highest BCUT2D eigenvalue weighted by molar-refractivity contribution is 7.88. The van der Waals surface area contributed by atoms with Crippen molar-refractivity contribution in [1.29, 1.82) is 0 Å². The number of methoxy groups -OCH3 is 1. The van der Waals surface area contributed by atoms with Crippen molar-refractivity contribution in [3.8, 4) is 22.6 Å². The summed E-state index contributed by atoms with van der Waals surface area (Å²) in [6, 6.07) is 5.39. The van der Waals surface area contributed by atoms with Crippen molar-refractivity contribution in [2.75, 3.05) is 7.11 Å². The van der Waals surface area contributed by atoms with Gasteiger partial charge in [-0.2, -0.15) is 21.6 Å². The van der Waals surface area contributed by atoms with E-state index in [0.29, 0.717) is 5.56 Å². The van der Waals surface area contributed by atoms with Crippen LogP contribution >= 0.6 is 0 Å². The molecule has 1 aliphatic heterocycles. The molecule has 0 atom stereocenters. The minimum absolute atomic E-state index is 0.0269. The van der Waals surface area contributed by atoms with Crippen LogP contribution in [0.1, 0.15) is 15.9 Å². The Labute approximate surface area is 150 Å². The largest absolute Gasteiger partial charge is 0.534 e. The molecule has 0 saturated carbocycles. The molecule has 0 aromatic heterocycles. The summed E-state index contributed by atoms with van der Waals surface area (Å²) in [6.45, 7) is -0.0269. The predicted molar refractivity (Wildman–Crippen MR) is 83.1 cm³/mol. The first-order chi connectivity index (χ1) is 12.5. The summed E-state index contributed by atoms with van der Waals surface area (Å²) in [5.41, 5.74) is -5.18. The lowest BCUT2D eigenvalue weighted by Crippen LogP contribution is -2.28. The van der Waals surface area contributed by atoms with E-state index in [1.807, 2.05) is 0 Å². The number of fused-ring (bicyclic) bond motifs is 3. The zero-order valence-corrected chi connectivity index (χ0v) is 14.3. The van der Waals surface area contributed by atoms with Gasteiger partial charge in [-0.25, -0.2) is 9.18 Å². The van der Waals surface area contributed by atoms with Gasteiger partial charge in [-0.1, -0.05) is 6.07 Å². The van der Waals surface area contributed by atoms with E-state index >= 15 is 0 Å². The van der Waals surface area contributed by atoms with Gasteiger partial charge in [0.1, 0.15) is 23.9 Å². The van der Waals surface area contributed by atoms with Crippen molar-refractivity contribution in [1.82, 2.24) is 0 Å². The number of benzene rings is 2. The summed E-state index contributed by atoms with van der Waals surface area (Å²) >= 11 is 0. The molecule has 11 heteroatoms. The Hall–Kier alpha value is -2.82. The van der Waals surface area contributed by atoms with Crippen LogP contribution in [0, 0.1) is 5.82 Å². The van der Waals surface area contributed by atoms with E-state index < -0.39 is 33.2 Å². The number of rotatable bonds is 3. The van der Waals surface area contributed by atoms with Crippen molar-refractivity contribution in [2.24, 2.45) is 0 Å². The van der Waals surface area contributed by atoms with Gasteiger partial charge in [-0.05, 0) is 35.4 Å². The molecular weight excluding hydrogens is 396 g/mol. The van der Waals surface area contributed by atoms with Gasteiger partial charge < -0.3 is 13.7 Å². The predicted octanol–water partition coefficient (Wildman–Crippen LogP) is 3.40. The van der Waals surface area contributed by atoms with E-state index in [4.69, 9.17) is 4.74 Å². The molecule has 1 heterocycles. The summed E-state index contributed by atoms with van der Waals surface area (Å²) in [6.07, 6.45) is 0. The molecule has 0 spiro atoms. The summed E-state index contributed by atoms with van der Waals surface area (Å²) < 4.78 is 87.9. The van der Waals surface area contributed by atoms with Gasteiger partial charge in [0, 0.05) is 5.56 Å². The Morgan fingerprint density at radius 1 is 1.15 bits per heavy atom. The highest BCUT2D eigenvalue weighted by atomic mass is 32.2. The average molecular weight is 406 g/mol. The summed E-state index contributed by atoms with van der Waals surface area (Å²) in [7, 11) is -4.78. The number of hydrogen-bond donors (Lipinski definition) is 0. The molecule has 6 nitrogen and oxygen atoms in total. The number of halogens is 4. The fourth-order valence-corrected chi connectivity index (χ4v) is 2.91. The third-order valence-corrected chi connectivity index (χ3v) is 4.70. The standard InChI is InChI=1S/C16H10F4O6S/c1-24-15(21)12-6-14-11(5-13(12)17)10-4-9(3-2-8(10)7-25-14)26-27(22,23)16(18,19)20/h2-6H,7H2,1H3. The van der Waals surface area contributed by atoms with Gasteiger partial charge in [0.15, 0.2) is 0 Å². The first-order valence-corrected chi connectivity index (χ1v) is 8.63. The normalized spacial score (nSPS) is 13.2. The minimum atomic E-state index is -5.85. The smallest absolute Gasteiger partial charge is 0.488 e. The maximum atomic E-state index is 14.2. The van der Waals surface area contributed by atoms with Crippen LogP contribution in [-0.4, -0.2) is 27.0 Å². The fraction of sp³-hybridized carbons (Fsp3) is 0.188. The topological polar surface area (TPSA) is 78.9 Å². The molecule has 0 fully saturated rings. The molecule has 27 heavy (non-hydrogen) atoms. The molecule has 0 saturated heterocycles. The lowest BCUT2D eigenvalue weighted by Gasteiger charge is -2.22. The number of ether oxygens (including phenoxy) is 2. The fourth-order valence-electron chi connectivity index (χ4n) is 2.46. The molecule has 0 N–H and O–H groups in total. The molecule has 0 radical (unpaired) electrons. The van der Waals surface area contributed by atoms with Gasteiger partial charge >= 0.3 is 21.6 Å². The van der Waals surface area contributed by atoms with E-state index in [2.05, 4.69) is 8.92 Å². The molecule has 0 unspecified atom stereocenters. The molecule has 3 rings (SSSR count). The van der Waals surface area contributed by atoms with Gasteiger partial charge in [0.25, 0.3) is 0 Å². The van der Waals surface area contributed by atoms with Crippen LogP contribution in [0.15, 0.2) is 30.3 Å². The van der Waals surface area contributed by atoms with Crippen molar-refractivity contribution in [2.45, 2.75) is 12.1 Å². The lowest BCUT2D eigenvalue weighted by molar-refractivity contribution is -0.0500. The van der Waals surface area contributed by atoms with Crippen LogP contribution in [0.2, 0.25) is 0 Å². The number of hydrogen-bond acceptors (Lipinski definition) is 6. The van der Waals surface area contributed by atoms with E-state index in [1.165, 1.54) is 6.07 Å². The summed E-state index contributed by atoms with van der Waals surface area (Å²) in [5, 5.41) is 0. The number of carbonyl (C=O) groups is 1. The lowest BCUT2D eigenvalue weighted by atomic mass is 9.95. The first kappa shape index (κ1) is 19.0. The van der Waals surface area contributed by atoms with Crippen LogP contribution in [-0.2, 0) is 21.5 Å². The van der Waals surface area contributed by atoms with E-state index in [-0.39, 0.29) is 29.0 Å².